The zero-order valence-electron chi connectivity index (χ0n) is 9.90. The van der Waals surface area contributed by atoms with Gasteiger partial charge in [-0.25, -0.2) is 9.38 Å². The highest BCUT2D eigenvalue weighted by atomic mass is 35.5. The molecule has 1 aliphatic heterocycles. The third-order valence-electron chi connectivity index (χ3n) is 2.63. The Morgan fingerprint density at radius 2 is 2.39 bits per heavy atom. The molecule has 0 aliphatic carbocycles. The van der Waals surface area contributed by atoms with Crippen LogP contribution in [0.5, 0.6) is 0 Å². The van der Waals surface area contributed by atoms with Gasteiger partial charge in [0.2, 0.25) is 0 Å². The number of hydrogen-bond donors (Lipinski definition) is 1. The first kappa shape index (κ1) is 13.1. The molecule has 1 aliphatic rings. The van der Waals surface area contributed by atoms with Crippen molar-refractivity contribution >= 4 is 17.6 Å². The molecule has 1 aromatic carbocycles. The summed E-state index contributed by atoms with van der Waals surface area (Å²) in [6.45, 7) is 2.62. The molecule has 2 N–H and O–H groups in total. The summed E-state index contributed by atoms with van der Waals surface area (Å²) in [4.78, 5) is 4.04. The minimum absolute atomic E-state index is 0.100. The predicted molar refractivity (Wildman–Crippen MR) is 67.1 cm³/mol. The lowest BCUT2D eigenvalue weighted by atomic mass is 10.1. The zero-order valence-corrected chi connectivity index (χ0v) is 10.7. The lowest BCUT2D eigenvalue weighted by molar-refractivity contribution is 0.0515. The molecule has 4 nitrogen and oxygen atoms in total. The topological polar surface area (TPSA) is 56.8 Å². The summed E-state index contributed by atoms with van der Waals surface area (Å²) in [7, 11) is 0. The van der Waals surface area contributed by atoms with E-state index in [4.69, 9.17) is 26.8 Å². The van der Waals surface area contributed by atoms with E-state index in [2.05, 4.69) is 4.99 Å². The van der Waals surface area contributed by atoms with Crippen LogP contribution in [0.1, 0.15) is 18.6 Å². The van der Waals surface area contributed by atoms with Crippen LogP contribution in [0.3, 0.4) is 0 Å². The Labute approximate surface area is 110 Å². The molecule has 0 bridgehead atoms. The SMILES string of the molecule is CC(OCC1COC(N)=N1)c1cc(F)cc(Cl)c1. The van der Waals surface area contributed by atoms with Gasteiger partial charge < -0.3 is 15.2 Å². The summed E-state index contributed by atoms with van der Waals surface area (Å²) in [5.74, 6) is -0.376. The van der Waals surface area contributed by atoms with Crippen molar-refractivity contribution in [2.75, 3.05) is 13.2 Å². The molecular formula is C12H14ClFN2O2. The molecule has 18 heavy (non-hydrogen) atoms. The van der Waals surface area contributed by atoms with Crippen LogP contribution in [0.25, 0.3) is 0 Å². The van der Waals surface area contributed by atoms with E-state index < -0.39 is 0 Å². The van der Waals surface area contributed by atoms with Crippen LogP contribution in [0.2, 0.25) is 5.02 Å². The van der Waals surface area contributed by atoms with Crippen LogP contribution in [0, 0.1) is 5.82 Å². The quantitative estimate of drug-likeness (QED) is 0.915. The van der Waals surface area contributed by atoms with E-state index in [0.29, 0.717) is 23.8 Å². The van der Waals surface area contributed by atoms with Gasteiger partial charge in [-0.15, -0.1) is 0 Å². The Hall–Kier alpha value is -1.33. The van der Waals surface area contributed by atoms with E-state index in [1.165, 1.54) is 12.1 Å². The highest BCUT2D eigenvalue weighted by Crippen LogP contribution is 2.22. The fraction of sp³-hybridized carbons (Fsp3) is 0.417. The number of benzene rings is 1. The lowest BCUT2D eigenvalue weighted by Gasteiger charge is -2.15. The standard InChI is InChI=1S/C12H14ClFN2O2/c1-7(8-2-9(13)4-10(14)3-8)17-5-11-6-18-12(15)16-11/h2-4,7,11H,5-6H2,1H3,(H2,15,16). The van der Waals surface area contributed by atoms with Gasteiger partial charge in [0, 0.05) is 5.02 Å². The molecule has 2 unspecified atom stereocenters. The van der Waals surface area contributed by atoms with Crippen molar-refractivity contribution in [1.82, 2.24) is 0 Å². The van der Waals surface area contributed by atoms with Crippen molar-refractivity contribution in [1.29, 1.82) is 0 Å². The average Bonchev–Trinajstić information content (AvgIpc) is 2.70. The van der Waals surface area contributed by atoms with Crippen molar-refractivity contribution in [3.63, 3.8) is 0 Å². The second-order valence-corrected chi connectivity index (χ2v) is 4.55. The van der Waals surface area contributed by atoms with Crippen molar-refractivity contribution in [2.24, 2.45) is 10.7 Å². The third kappa shape index (κ3) is 3.34. The van der Waals surface area contributed by atoms with E-state index in [1.54, 1.807) is 6.07 Å². The number of ether oxygens (including phenoxy) is 2. The molecule has 98 valence electrons. The van der Waals surface area contributed by atoms with E-state index >= 15 is 0 Å². The van der Waals surface area contributed by atoms with Crippen molar-refractivity contribution in [3.05, 3.63) is 34.6 Å². The Bertz CT molecular complexity index is 447. The van der Waals surface area contributed by atoms with Crippen LogP contribution >= 0.6 is 11.6 Å². The van der Waals surface area contributed by atoms with Crippen LogP contribution in [-0.2, 0) is 9.47 Å². The maximum Gasteiger partial charge on any atom is 0.282 e. The van der Waals surface area contributed by atoms with Crippen molar-refractivity contribution in [3.8, 4) is 0 Å². The van der Waals surface area contributed by atoms with E-state index in [-0.39, 0.29) is 24.0 Å². The molecule has 2 rings (SSSR count). The van der Waals surface area contributed by atoms with Gasteiger partial charge >= 0.3 is 0 Å². The second kappa shape index (κ2) is 5.54. The van der Waals surface area contributed by atoms with E-state index in [1.807, 2.05) is 6.92 Å². The zero-order chi connectivity index (χ0) is 13.1. The van der Waals surface area contributed by atoms with E-state index in [0.717, 1.165) is 0 Å². The summed E-state index contributed by atoms with van der Waals surface area (Å²) in [5, 5.41) is 0.354. The molecule has 0 saturated carbocycles. The summed E-state index contributed by atoms with van der Waals surface area (Å²) in [5.41, 5.74) is 6.08. The molecule has 0 fully saturated rings. The predicted octanol–water partition coefficient (Wildman–Crippen LogP) is 2.27. The molecule has 0 radical (unpaired) electrons. The fourth-order valence-electron chi connectivity index (χ4n) is 1.68. The number of halogens is 2. The second-order valence-electron chi connectivity index (χ2n) is 4.11. The fourth-order valence-corrected chi connectivity index (χ4v) is 1.91. The van der Waals surface area contributed by atoms with Crippen molar-refractivity contribution in [2.45, 2.75) is 19.1 Å². The Balaban J connectivity index is 1.93. The number of hydrogen-bond acceptors (Lipinski definition) is 4. The average molecular weight is 273 g/mol. The summed E-state index contributed by atoms with van der Waals surface area (Å²) >= 11 is 5.79. The lowest BCUT2D eigenvalue weighted by Crippen LogP contribution is -2.16. The normalized spacial score (nSPS) is 20.4. The Morgan fingerprint density at radius 3 is 3.00 bits per heavy atom. The highest BCUT2D eigenvalue weighted by Gasteiger charge is 2.18. The van der Waals surface area contributed by atoms with Gasteiger partial charge in [0.15, 0.2) is 0 Å². The van der Waals surface area contributed by atoms with Gasteiger partial charge in [0.25, 0.3) is 6.02 Å². The van der Waals surface area contributed by atoms with E-state index in [9.17, 15) is 4.39 Å². The monoisotopic (exact) mass is 272 g/mol. The first-order valence-corrected chi connectivity index (χ1v) is 5.96. The smallest absolute Gasteiger partial charge is 0.282 e. The number of nitrogens with two attached hydrogens (primary N) is 1. The van der Waals surface area contributed by atoms with Gasteiger partial charge in [0.05, 0.1) is 12.7 Å². The highest BCUT2D eigenvalue weighted by molar-refractivity contribution is 6.30. The summed E-state index contributed by atoms with van der Waals surface area (Å²) < 4.78 is 23.8. The molecule has 0 amide bonds. The van der Waals surface area contributed by atoms with Crippen LogP contribution in [0.4, 0.5) is 4.39 Å². The van der Waals surface area contributed by atoms with Crippen LogP contribution in [-0.4, -0.2) is 25.3 Å². The molecule has 1 heterocycles. The number of rotatable bonds is 4. The molecule has 6 heteroatoms. The Kier molecular flexibility index (Phi) is 4.04. The van der Waals surface area contributed by atoms with Gasteiger partial charge in [-0.2, -0.15) is 0 Å². The van der Waals surface area contributed by atoms with Gasteiger partial charge in [-0.1, -0.05) is 11.6 Å². The first-order chi connectivity index (χ1) is 8.54. The number of aliphatic imine (C=N–C) groups is 1. The van der Waals surface area contributed by atoms with Gasteiger partial charge in [-0.05, 0) is 30.7 Å². The largest absolute Gasteiger partial charge is 0.463 e. The summed E-state index contributed by atoms with van der Waals surface area (Å²) in [6.07, 6.45) is -0.268. The maximum atomic E-state index is 13.2. The molecule has 2 atom stereocenters. The van der Waals surface area contributed by atoms with Crippen LogP contribution < -0.4 is 5.73 Å². The Morgan fingerprint density at radius 1 is 1.61 bits per heavy atom. The molecular weight excluding hydrogens is 259 g/mol. The minimum atomic E-state index is -0.376. The molecule has 0 aromatic heterocycles. The first-order valence-electron chi connectivity index (χ1n) is 5.58. The van der Waals surface area contributed by atoms with Gasteiger partial charge in [-0.3, -0.25) is 0 Å². The summed E-state index contributed by atoms with van der Waals surface area (Å²) in [6, 6.07) is 4.42. The van der Waals surface area contributed by atoms with Gasteiger partial charge in [0.1, 0.15) is 18.5 Å². The maximum absolute atomic E-state index is 13.2. The minimum Gasteiger partial charge on any atom is -0.463 e. The van der Waals surface area contributed by atoms with Crippen LogP contribution in [0.15, 0.2) is 23.2 Å². The third-order valence-corrected chi connectivity index (χ3v) is 2.84. The van der Waals surface area contributed by atoms with Crippen molar-refractivity contribution < 1.29 is 13.9 Å². The number of nitrogens with zero attached hydrogens (tertiary/aromatic N) is 1. The molecule has 1 aromatic rings. The molecule has 0 spiro atoms. The number of amidine groups is 1. The molecule has 0 saturated heterocycles.